The molecular weight excluding hydrogens is 288 g/mol. The average molecular weight is 331 g/mol. The van der Waals surface area contributed by atoms with Crippen LogP contribution in [0.4, 0.5) is 0 Å². The average Bonchev–Trinajstić information content (AvgIpc) is 2.54. The standard InChI is InChI=1S/C20H42OS/c1-2-3-4-5-6-7-8-9-10-11-12-13-14-15-16-19-22-20-17-18-21/h21H,2-20H2,1H3. The minimum absolute atomic E-state index is 0.353. The Morgan fingerprint density at radius 3 is 1.27 bits per heavy atom. The van der Waals surface area contributed by atoms with E-state index in [1.165, 1.54) is 102 Å². The predicted molar refractivity (Wildman–Crippen MR) is 104 cm³/mol. The van der Waals surface area contributed by atoms with Gasteiger partial charge in [0, 0.05) is 6.61 Å². The Balaban J connectivity index is 2.91. The van der Waals surface area contributed by atoms with Crippen LogP contribution in [0.25, 0.3) is 0 Å². The van der Waals surface area contributed by atoms with Crippen LogP contribution in [0.1, 0.15) is 110 Å². The van der Waals surface area contributed by atoms with Crippen molar-refractivity contribution < 1.29 is 5.11 Å². The van der Waals surface area contributed by atoms with E-state index >= 15 is 0 Å². The molecule has 2 heteroatoms. The number of aliphatic hydroxyl groups excluding tert-OH is 1. The van der Waals surface area contributed by atoms with Crippen molar-refractivity contribution in [2.75, 3.05) is 18.1 Å². The van der Waals surface area contributed by atoms with Crippen molar-refractivity contribution in [3.8, 4) is 0 Å². The van der Waals surface area contributed by atoms with Crippen molar-refractivity contribution in [2.24, 2.45) is 0 Å². The summed E-state index contributed by atoms with van der Waals surface area (Å²) in [5.41, 5.74) is 0. The molecule has 0 heterocycles. The minimum Gasteiger partial charge on any atom is -0.396 e. The van der Waals surface area contributed by atoms with Gasteiger partial charge in [0.1, 0.15) is 0 Å². The maximum Gasteiger partial charge on any atom is 0.0438 e. The van der Waals surface area contributed by atoms with Crippen LogP contribution in [0.2, 0.25) is 0 Å². The Morgan fingerprint density at radius 1 is 0.500 bits per heavy atom. The molecule has 0 saturated carbocycles. The van der Waals surface area contributed by atoms with Gasteiger partial charge in [-0.05, 0) is 24.3 Å². The van der Waals surface area contributed by atoms with E-state index in [4.69, 9.17) is 5.11 Å². The molecular formula is C20H42OS. The molecule has 0 spiro atoms. The van der Waals surface area contributed by atoms with Crippen molar-refractivity contribution in [3.63, 3.8) is 0 Å². The summed E-state index contributed by atoms with van der Waals surface area (Å²) < 4.78 is 0. The summed E-state index contributed by atoms with van der Waals surface area (Å²) in [5, 5.41) is 8.69. The van der Waals surface area contributed by atoms with Crippen molar-refractivity contribution >= 4 is 11.8 Å². The highest BCUT2D eigenvalue weighted by molar-refractivity contribution is 7.99. The van der Waals surface area contributed by atoms with Gasteiger partial charge >= 0.3 is 0 Å². The lowest BCUT2D eigenvalue weighted by molar-refractivity contribution is 0.296. The molecule has 22 heavy (non-hydrogen) atoms. The van der Waals surface area contributed by atoms with Crippen molar-refractivity contribution in [1.82, 2.24) is 0 Å². The number of thioether (sulfide) groups is 1. The SMILES string of the molecule is CCCCCCCCCCCCCCCCCSCCCO. The third-order valence-electron chi connectivity index (χ3n) is 4.34. The smallest absolute Gasteiger partial charge is 0.0438 e. The molecule has 134 valence electrons. The van der Waals surface area contributed by atoms with E-state index in [2.05, 4.69) is 6.92 Å². The maximum atomic E-state index is 8.69. The zero-order chi connectivity index (χ0) is 16.1. The summed E-state index contributed by atoms with van der Waals surface area (Å²) in [6.07, 6.45) is 22.6. The van der Waals surface area contributed by atoms with Gasteiger partial charge in [0.15, 0.2) is 0 Å². The van der Waals surface area contributed by atoms with Gasteiger partial charge in [-0.15, -0.1) is 0 Å². The maximum absolute atomic E-state index is 8.69. The van der Waals surface area contributed by atoms with Crippen LogP contribution in [0, 0.1) is 0 Å². The van der Waals surface area contributed by atoms with Gasteiger partial charge in [-0.2, -0.15) is 11.8 Å². The summed E-state index contributed by atoms with van der Waals surface area (Å²) >= 11 is 2.00. The van der Waals surface area contributed by atoms with Crippen molar-refractivity contribution in [2.45, 2.75) is 110 Å². The molecule has 0 aliphatic rings. The van der Waals surface area contributed by atoms with E-state index < -0.39 is 0 Å². The highest BCUT2D eigenvalue weighted by Crippen LogP contribution is 2.14. The molecule has 0 fully saturated rings. The van der Waals surface area contributed by atoms with Gasteiger partial charge in [-0.1, -0.05) is 96.8 Å². The van der Waals surface area contributed by atoms with Crippen LogP contribution < -0.4 is 0 Å². The normalized spacial score (nSPS) is 11.2. The van der Waals surface area contributed by atoms with Gasteiger partial charge < -0.3 is 5.11 Å². The first-order chi connectivity index (χ1) is 10.9. The molecule has 0 rings (SSSR count). The van der Waals surface area contributed by atoms with Gasteiger partial charge in [-0.25, -0.2) is 0 Å². The number of aliphatic hydroxyl groups is 1. The Kier molecular flexibility index (Phi) is 21.6. The lowest BCUT2D eigenvalue weighted by Gasteiger charge is -2.03. The Bertz CT molecular complexity index is 165. The zero-order valence-electron chi connectivity index (χ0n) is 15.3. The molecule has 0 radical (unpaired) electrons. The second-order valence-corrected chi connectivity index (χ2v) is 7.86. The summed E-state index contributed by atoms with van der Waals surface area (Å²) in [5.74, 6) is 2.42. The molecule has 0 saturated heterocycles. The molecule has 0 aromatic rings. The highest BCUT2D eigenvalue weighted by atomic mass is 32.2. The summed E-state index contributed by atoms with van der Waals surface area (Å²) in [6.45, 7) is 2.64. The molecule has 0 bridgehead atoms. The lowest BCUT2D eigenvalue weighted by Crippen LogP contribution is -1.88. The summed E-state index contributed by atoms with van der Waals surface area (Å²) in [7, 11) is 0. The number of hydrogen-bond donors (Lipinski definition) is 1. The van der Waals surface area contributed by atoms with Crippen LogP contribution in [0.3, 0.4) is 0 Å². The summed E-state index contributed by atoms with van der Waals surface area (Å²) in [6, 6.07) is 0. The first-order valence-corrected chi connectivity index (χ1v) is 11.3. The second kappa shape index (κ2) is 21.3. The monoisotopic (exact) mass is 330 g/mol. The first kappa shape index (κ1) is 22.3. The van der Waals surface area contributed by atoms with E-state index in [1.54, 1.807) is 0 Å². The van der Waals surface area contributed by atoms with E-state index in [0.717, 1.165) is 12.2 Å². The van der Waals surface area contributed by atoms with Crippen LogP contribution in [0.5, 0.6) is 0 Å². The quantitative estimate of drug-likeness (QED) is 0.258. The fraction of sp³-hybridized carbons (Fsp3) is 1.00. The van der Waals surface area contributed by atoms with Gasteiger partial charge in [0.2, 0.25) is 0 Å². The topological polar surface area (TPSA) is 20.2 Å². The Morgan fingerprint density at radius 2 is 0.864 bits per heavy atom. The van der Waals surface area contributed by atoms with Crippen LogP contribution in [-0.4, -0.2) is 23.2 Å². The van der Waals surface area contributed by atoms with E-state index in [1.807, 2.05) is 11.8 Å². The van der Waals surface area contributed by atoms with Crippen LogP contribution in [0.15, 0.2) is 0 Å². The van der Waals surface area contributed by atoms with Gasteiger partial charge in [0.05, 0.1) is 0 Å². The molecule has 0 aliphatic heterocycles. The van der Waals surface area contributed by atoms with Gasteiger partial charge in [-0.3, -0.25) is 0 Å². The zero-order valence-corrected chi connectivity index (χ0v) is 16.1. The van der Waals surface area contributed by atoms with E-state index in [0.29, 0.717) is 6.61 Å². The van der Waals surface area contributed by atoms with E-state index in [9.17, 15) is 0 Å². The third-order valence-corrected chi connectivity index (χ3v) is 5.49. The molecule has 1 N–H and O–H groups in total. The third kappa shape index (κ3) is 20.3. The fourth-order valence-corrected chi connectivity index (χ4v) is 3.79. The van der Waals surface area contributed by atoms with Crippen LogP contribution in [-0.2, 0) is 0 Å². The number of unbranched alkanes of at least 4 members (excludes halogenated alkanes) is 14. The molecule has 0 amide bonds. The lowest BCUT2D eigenvalue weighted by atomic mass is 10.0. The first-order valence-electron chi connectivity index (χ1n) is 10.1. The molecule has 1 nitrogen and oxygen atoms in total. The van der Waals surface area contributed by atoms with Crippen molar-refractivity contribution in [3.05, 3.63) is 0 Å². The molecule has 0 aromatic heterocycles. The Labute approximate surface area is 145 Å². The van der Waals surface area contributed by atoms with Crippen molar-refractivity contribution in [1.29, 1.82) is 0 Å². The Hall–Kier alpha value is 0.310. The molecule has 0 aliphatic carbocycles. The fourth-order valence-electron chi connectivity index (χ4n) is 2.84. The minimum atomic E-state index is 0.353. The van der Waals surface area contributed by atoms with E-state index in [-0.39, 0.29) is 0 Å². The summed E-state index contributed by atoms with van der Waals surface area (Å²) in [4.78, 5) is 0. The number of hydrogen-bond acceptors (Lipinski definition) is 2. The molecule has 0 unspecified atom stereocenters. The largest absolute Gasteiger partial charge is 0.396 e. The number of rotatable bonds is 19. The van der Waals surface area contributed by atoms with Gasteiger partial charge in [0.25, 0.3) is 0 Å². The van der Waals surface area contributed by atoms with Crippen LogP contribution >= 0.6 is 11.8 Å². The highest BCUT2D eigenvalue weighted by Gasteiger charge is 1.94. The second-order valence-electron chi connectivity index (χ2n) is 6.64. The molecule has 0 aromatic carbocycles. The predicted octanol–water partition coefficient (Wildman–Crippen LogP) is 6.97. The molecule has 0 atom stereocenters.